The Labute approximate surface area is 494 Å². The Bertz CT molecular complexity index is 3240. The summed E-state index contributed by atoms with van der Waals surface area (Å²) in [5, 5.41) is 51.1. The summed E-state index contributed by atoms with van der Waals surface area (Å²) in [6.07, 6.45) is 0. The van der Waals surface area contributed by atoms with Crippen molar-refractivity contribution in [2.45, 2.75) is 83.1 Å². The minimum atomic E-state index is -0.875. The van der Waals surface area contributed by atoms with Gasteiger partial charge in [-0.05, 0) is 166 Å². The molecule has 0 spiro atoms. The molecule has 0 aliphatic rings. The van der Waals surface area contributed by atoms with Crippen LogP contribution in [0, 0.1) is 83.1 Å². The fourth-order valence-corrected chi connectivity index (χ4v) is 6.68. The zero-order valence-electron chi connectivity index (χ0n) is 49.9. The van der Waals surface area contributed by atoms with E-state index in [1.165, 1.54) is 33.4 Å². The van der Waals surface area contributed by atoms with E-state index < -0.39 is 35.8 Å². The molecule has 6 N–H and O–H groups in total. The molecule has 0 aliphatic carbocycles. The minimum Gasteiger partial charge on any atom is -0.478 e. The molecule has 12 nitrogen and oxygen atoms in total. The fraction of sp³-hybridized carbons (Fsp3) is 0.167. The van der Waals surface area contributed by atoms with Crippen LogP contribution in [0.25, 0.3) is 0 Å². The first-order chi connectivity index (χ1) is 39.6. The number of hydrogen-bond donors (Lipinski definition) is 6. The lowest BCUT2D eigenvalue weighted by atomic mass is 10.1. The van der Waals surface area contributed by atoms with Gasteiger partial charge in [0.05, 0.1) is 33.4 Å². The van der Waals surface area contributed by atoms with Crippen LogP contribution in [0.2, 0.25) is 0 Å². The molecule has 0 atom stereocenters. The third kappa shape index (κ3) is 31.6. The Morgan fingerprint density at radius 1 is 0.202 bits per heavy atom. The fourth-order valence-electron chi connectivity index (χ4n) is 6.68. The summed E-state index contributed by atoms with van der Waals surface area (Å²) in [7, 11) is 0. The molecular formula is C72H78O12. The molecule has 0 aromatic heterocycles. The van der Waals surface area contributed by atoms with Gasteiger partial charge in [0.15, 0.2) is 0 Å². The third-order valence-electron chi connectivity index (χ3n) is 11.7. The lowest BCUT2D eigenvalue weighted by Crippen LogP contribution is -1.97. The highest BCUT2D eigenvalue weighted by atomic mass is 16.4. The monoisotopic (exact) mass is 1130 g/mol. The van der Waals surface area contributed by atoms with Crippen molar-refractivity contribution in [3.05, 3.63) is 319 Å². The maximum absolute atomic E-state index is 10.4. The Kier molecular flexibility index (Phi) is 33.5. The molecule has 0 bridgehead atoms. The van der Waals surface area contributed by atoms with Gasteiger partial charge in [-0.3, -0.25) is 0 Å². The summed E-state index contributed by atoms with van der Waals surface area (Å²) in [5.41, 5.74) is 15.9. The molecule has 0 aliphatic heterocycles. The Hall–Kier alpha value is -10.2. The van der Waals surface area contributed by atoms with E-state index in [-0.39, 0.29) is 0 Å². The first-order valence-electron chi connectivity index (χ1n) is 26.5. The summed E-state index contributed by atoms with van der Waals surface area (Å²) in [6, 6.07) is 66.3. The van der Waals surface area contributed by atoms with Crippen molar-refractivity contribution in [3.8, 4) is 0 Å². The predicted octanol–water partition coefficient (Wildman–Crippen LogP) is 17.1. The number of carboxylic acid groups (broad SMARTS) is 6. The van der Waals surface area contributed by atoms with E-state index in [1.807, 2.05) is 52.0 Å². The second-order valence-electron chi connectivity index (χ2n) is 19.3. The first kappa shape index (κ1) is 71.8. The van der Waals surface area contributed by atoms with Crippen molar-refractivity contribution < 1.29 is 59.4 Å². The van der Waals surface area contributed by atoms with Crippen molar-refractivity contribution in [1.82, 2.24) is 0 Å². The summed E-state index contributed by atoms with van der Waals surface area (Å²) in [4.78, 5) is 62.2. The Balaban J connectivity index is 0.000000473. The van der Waals surface area contributed by atoms with Crippen LogP contribution in [0.1, 0.15) is 129 Å². The first-order valence-corrected chi connectivity index (χ1v) is 26.5. The Morgan fingerprint density at radius 3 is 0.607 bits per heavy atom. The van der Waals surface area contributed by atoms with E-state index in [4.69, 9.17) is 30.6 Å². The number of benzene rings is 9. The van der Waals surface area contributed by atoms with E-state index in [2.05, 4.69) is 114 Å². The third-order valence-corrected chi connectivity index (χ3v) is 11.7. The number of aryl methyl sites for hydroxylation is 12. The van der Waals surface area contributed by atoms with Gasteiger partial charge in [0, 0.05) is 0 Å². The van der Waals surface area contributed by atoms with Crippen LogP contribution in [0.15, 0.2) is 218 Å². The highest BCUT2D eigenvalue weighted by molar-refractivity contribution is 5.90. The number of carboxylic acids is 6. The molecule has 0 unspecified atom stereocenters. The van der Waals surface area contributed by atoms with Crippen molar-refractivity contribution in [2.75, 3.05) is 0 Å². The summed E-state index contributed by atoms with van der Waals surface area (Å²) in [5.74, 6) is -5.22. The summed E-state index contributed by atoms with van der Waals surface area (Å²) in [6.45, 7) is 23.8. The smallest absolute Gasteiger partial charge is 0.335 e. The zero-order chi connectivity index (χ0) is 63.3. The van der Waals surface area contributed by atoms with Crippen LogP contribution >= 0.6 is 0 Å². The number of hydrogen-bond acceptors (Lipinski definition) is 6. The molecule has 84 heavy (non-hydrogen) atoms. The van der Waals surface area contributed by atoms with Crippen LogP contribution in [-0.4, -0.2) is 66.5 Å². The molecule has 0 amide bonds. The van der Waals surface area contributed by atoms with E-state index >= 15 is 0 Å². The molecular weight excluding hydrogens is 1060 g/mol. The number of aromatic carboxylic acids is 6. The second-order valence-corrected chi connectivity index (χ2v) is 19.3. The van der Waals surface area contributed by atoms with Gasteiger partial charge in [-0.2, -0.15) is 0 Å². The van der Waals surface area contributed by atoms with E-state index in [9.17, 15) is 28.8 Å². The lowest BCUT2D eigenvalue weighted by molar-refractivity contribution is 0.0685. The summed E-state index contributed by atoms with van der Waals surface area (Å²) >= 11 is 0. The average Bonchev–Trinajstić information content (AvgIpc) is 3.56. The van der Waals surface area contributed by atoms with Crippen LogP contribution in [0.5, 0.6) is 0 Å². The molecule has 0 saturated carbocycles. The van der Waals surface area contributed by atoms with E-state index in [0.29, 0.717) is 33.4 Å². The number of carbonyl (C=O) groups is 6. The molecule has 9 aromatic rings. The van der Waals surface area contributed by atoms with Crippen LogP contribution < -0.4 is 0 Å². The summed E-state index contributed by atoms with van der Waals surface area (Å²) < 4.78 is 0. The standard InChI is InChI=1S/6C8H8O2.3C8H10/c2*1-6-2-4-7(5-3-6)8(9)10;2*1-6-3-2-4-7(5-6)8(9)10;2*1-6-4-2-3-5-7(6)8(9)10;1-7-3-5-8(2)6-4-7;1-7-4-3-5-8(2)6-7;1-7-5-3-4-6-8(7)2/h6*2-5H,1H3,(H,9,10);3*3-6H,1-2H3. The highest BCUT2D eigenvalue weighted by Gasteiger charge is 2.05. The van der Waals surface area contributed by atoms with Crippen LogP contribution in [-0.2, 0) is 0 Å². The van der Waals surface area contributed by atoms with Gasteiger partial charge < -0.3 is 30.6 Å². The Morgan fingerprint density at radius 2 is 0.429 bits per heavy atom. The topological polar surface area (TPSA) is 224 Å². The molecule has 0 radical (unpaired) electrons. The molecule has 9 rings (SSSR count). The van der Waals surface area contributed by atoms with Gasteiger partial charge in [-0.1, -0.05) is 202 Å². The van der Waals surface area contributed by atoms with Gasteiger partial charge >= 0.3 is 35.8 Å². The SMILES string of the molecule is Cc1ccc(C(=O)O)cc1.Cc1ccc(C(=O)O)cc1.Cc1ccc(C)cc1.Cc1cccc(C(=O)O)c1.Cc1cccc(C(=O)O)c1.Cc1cccc(C)c1.Cc1ccccc1C.Cc1ccccc1C(=O)O.Cc1ccccc1C(=O)O. The highest BCUT2D eigenvalue weighted by Crippen LogP contribution is 2.09. The zero-order valence-corrected chi connectivity index (χ0v) is 49.9. The predicted molar refractivity (Wildman–Crippen MR) is 337 cm³/mol. The van der Waals surface area contributed by atoms with Crippen molar-refractivity contribution in [3.63, 3.8) is 0 Å². The van der Waals surface area contributed by atoms with E-state index in [1.54, 1.807) is 135 Å². The maximum Gasteiger partial charge on any atom is 0.335 e. The minimum absolute atomic E-state index is 0.339. The van der Waals surface area contributed by atoms with Crippen LogP contribution in [0.3, 0.4) is 0 Å². The van der Waals surface area contributed by atoms with Gasteiger partial charge in [0.25, 0.3) is 0 Å². The molecule has 0 heterocycles. The van der Waals surface area contributed by atoms with Gasteiger partial charge in [-0.25, -0.2) is 28.8 Å². The largest absolute Gasteiger partial charge is 0.478 e. The van der Waals surface area contributed by atoms with Crippen LogP contribution in [0.4, 0.5) is 0 Å². The quantitative estimate of drug-likeness (QED) is 0.0915. The van der Waals surface area contributed by atoms with Crippen molar-refractivity contribution in [1.29, 1.82) is 0 Å². The number of rotatable bonds is 6. The molecule has 438 valence electrons. The maximum atomic E-state index is 10.4. The second kappa shape index (κ2) is 39.2. The van der Waals surface area contributed by atoms with E-state index in [0.717, 1.165) is 33.4 Å². The molecule has 9 aromatic carbocycles. The molecule has 0 saturated heterocycles. The normalized spacial score (nSPS) is 9.29. The molecule has 12 heteroatoms. The lowest BCUT2D eigenvalue weighted by Gasteiger charge is -1.96. The van der Waals surface area contributed by atoms with Gasteiger partial charge in [0.2, 0.25) is 0 Å². The van der Waals surface area contributed by atoms with Gasteiger partial charge in [0.1, 0.15) is 0 Å². The molecule has 0 fully saturated rings. The van der Waals surface area contributed by atoms with Crippen molar-refractivity contribution >= 4 is 35.8 Å². The van der Waals surface area contributed by atoms with Gasteiger partial charge in [-0.15, -0.1) is 0 Å². The average molecular weight is 1140 g/mol. The van der Waals surface area contributed by atoms with Crippen molar-refractivity contribution in [2.24, 2.45) is 0 Å².